The van der Waals surface area contributed by atoms with Crippen LogP contribution in [-0.4, -0.2) is 23.1 Å². The van der Waals surface area contributed by atoms with Gasteiger partial charge in [-0.3, -0.25) is 4.79 Å². The van der Waals surface area contributed by atoms with Crippen LogP contribution in [0.4, 0.5) is 5.82 Å². The van der Waals surface area contributed by atoms with Gasteiger partial charge in [0.05, 0.1) is 5.56 Å². The van der Waals surface area contributed by atoms with Gasteiger partial charge in [-0.05, 0) is 38.5 Å². The summed E-state index contributed by atoms with van der Waals surface area (Å²) >= 11 is 0. The van der Waals surface area contributed by atoms with Crippen LogP contribution in [0, 0.1) is 5.92 Å². The molecule has 2 N–H and O–H groups in total. The van der Waals surface area contributed by atoms with Crippen molar-refractivity contribution in [1.29, 1.82) is 0 Å². The molecule has 1 atom stereocenters. The highest BCUT2D eigenvalue weighted by atomic mass is 16.5. The predicted octanol–water partition coefficient (Wildman–Crippen LogP) is 1.62. The Morgan fingerprint density at radius 3 is 3.06 bits per heavy atom. The molecule has 5 heteroatoms. The van der Waals surface area contributed by atoms with Crippen LogP contribution in [0.2, 0.25) is 0 Å². The number of aromatic nitrogens is 2. The van der Waals surface area contributed by atoms with E-state index in [1.54, 1.807) is 0 Å². The fraction of sp³-hybridized carbons (Fsp3) is 0.692. The summed E-state index contributed by atoms with van der Waals surface area (Å²) in [6.45, 7) is 3.52. The molecule has 2 heterocycles. The van der Waals surface area contributed by atoms with Crippen LogP contribution in [0.15, 0.2) is 4.79 Å². The zero-order valence-corrected chi connectivity index (χ0v) is 10.7. The van der Waals surface area contributed by atoms with Crippen molar-refractivity contribution in [3.8, 4) is 0 Å². The Bertz CT molecular complexity index is 493. The molecule has 1 fully saturated rings. The van der Waals surface area contributed by atoms with E-state index in [2.05, 4.69) is 15.3 Å². The Labute approximate surface area is 106 Å². The van der Waals surface area contributed by atoms with Crippen molar-refractivity contribution in [2.45, 2.75) is 38.7 Å². The highest BCUT2D eigenvalue weighted by Gasteiger charge is 2.35. The van der Waals surface area contributed by atoms with E-state index in [-0.39, 0.29) is 11.7 Å². The van der Waals surface area contributed by atoms with Gasteiger partial charge in [-0.1, -0.05) is 0 Å². The van der Waals surface area contributed by atoms with Crippen LogP contribution < -0.4 is 10.9 Å². The van der Waals surface area contributed by atoms with Crippen molar-refractivity contribution < 1.29 is 4.74 Å². The molecule has 0 radical (unpaired) electrons. The largest absolute Gasteiger partial charge is 0.370 e. The van der Waals surface area contributed by atoms with Gasteiger partial charge in [-0.15, -0.1) is 0 Å². The fourth-order valence-electron chi connectivity index (χ4n) is 2.52. The van der Waals surface area contributed by atoms with Crippen molar-refractivity contribution >= 4 is 5.82 Å². The standard InChI is InChI=1S/C13H19N3O2/c1-2-18-10(8-5-6-8)12-15-11-9(13(17)16-12)4-3-7-14-11/h8,10H,2-7H2,1H3,(H2,14,15,16,17). The molecule has 0 spiro atoms. The Balaban J connectivity index is 1.96. The molecule has 1 unspecified atom stereocenters. The summed E-state index contributed by atoms with van der Waals surface area (Å²) in [7, 11) is 0. The summed E-state index contributed by atoms with van der Waals surface area (Å²) in [4.78, 5) is 19.5. The molecular weight excluding hydrogens is 230 g/mol. The van der Waals surface area contributed by atoms with Gasteiger partial charge in [-0.2, -0.15) is 0 Å². The second-order valence-electron chi connectivity index (χ2n) is 5.02. The average Bonchev–Trinajstić information content (AvgIpc) is 3.20. The molecular formula is C13H19N3O2. The number of nitrogens with zero attached hydrogens (tertiary/aromatic N) is 1. The summed E-state index contributed by atoms with van der Waals surface area (Å²) in [5, 5.41) is 3.21. The second kappa shape index (κ2) is 4.72. The van der Waals surface area contributed by atoms with E-state index in [9.17, 15) is 4.79 Å². The predicted molar refractivity (Wildman–Crippen MR) is 68.8 cm³/mol. The summed E-state index contributed by atoms with van der Waals surface area (Å²) in [5.74, 6) is 1.97. The Hall–Kier alpha value is -1.36. The summed E-state index contributed by atoms with van der Waals surface area (Å²) in [5.41, 5.74) is 0.781. The second-order valence-corrected chi connectivity index (χ2v) is 5.02. The third kappa shape index (κ3) is 2.14. The topological polar surface area (TPSA) is 67.0 Å². The van der Waals surface area contributed by atoms with Crippen molar-refractivity contribution in [2.75, 3.05) is 18.5 Å². The maximum absolute atomic E-state index is 12.0. The smallest absolute Gasteiger partial charge is 0.256 e. The maximum Gasteiger partial charge on any atom is 0.256 e. The van der Waals surface area contributed by atoms with Gasteiger partial charge in [0, 0.05) is 13.2 Å². The number of nitrogens with one attached hydrogen (secondary N) is 2. The van der Waals surface area contributed by atoms with E-state index in [0.717, 1.165) is 30.8 Å². The highest BCUT2D eigenvalue weighted by molar-refractivity contribution is 5.45. The minimum atomic E-state index is -0.0447. The molecule has 0 saturated heterocycles. The number of ether oxygens (including phenoxy) is 1. The van der Waals surface area contributed by atoms with E-state index < -0.39 is 0 Å². The molecule has 3 rings (SSSR count). The lowest BCUT2D eigenvalue weighted by Crippen LogP contribution is -2.26. The highest BCUT2D eigenvalue weighted by Crippen LogP contribution is 2.42. The van der Waals surface area contributed by atoms with Gasteiger partial charge in [0.25, 0.3) is 5.56 Å². The van der Waals surface area contributed by atoms with Crippen LogP contribution >= 0.6 is 0 Å². The number of anilines is 1. The fourth-order valence-corrected chi connectivity index (χ4v) is 2.52. The first-order valence-electron chi connectivity index (χ1n) is 6.78. The van der Waals surface area contributed by atoms with Crippen molar-refractivity contribution in [2.24, 2.45) is 5.92 Å². The SMILES string of the molecule is CCOC(c1nc2c(c(=O)[nH]1)CCCN2)C1CC1. The van der Waals surface area contributed by atoms with Crippen molar-refractivity contribution in [3.05, 3.63) is 21.7 Å². The van der Waals surface area contributed by atoms with Gasteiger partial charge in [0.2, 0.25) is 0 Å². The molecule has 1 aliphatic heterocycles. The molecule has 1 aliphatic carbocycles. The van der Waals surface area contributed by atoms with Crippen LogP contribution in [0.3, 0.4) is 0 Å². The van der Waals surface area contributed by atoms with Crippen LogP contribution in [-0.2, 0) is 11.2 Å². The molecule has 1 aromatic heterocycles. The van der Waals surface area contributed by atoms with Gasteiger partial charge in [0.15, 0.2) is 0 Å². The van der Waals surface area contributed by atoms with Gasteiger partial charge >= 0.3 is 0 Å². The van der Waals surface area contributed by atoms with E-state index in [0.29, 0.717) is 18.3 Å². The number of hydrogen-bond donors (Lipinski definition) is 2. The molecule has 0 bridgehead atoms. The van der Waals surface area contributed by atoms with Crippen molar-refractivity contribution in [1.82, 2.24) is 9.97 Å². The summed E-state index contributed by atoms with van der Waals surface area (Å²) < 4.78 is 5.74. The summed E-state index contributed by atoms with van der Waals surface area (Å²) in [6, 6.07) is 0. The van der Waals surface area contributed by atoms with Crippen LogP contribution in [0.25, 0.3) is 0 Å². The van der Waals surface area contributed by atoms with Gasteiger partial charge < -0.3 is 15.0 Å². The number of rotatable bonds is 4. The number of aromatic amines is 1. The Morgan fingerprint density at radius 2 is 2.33 bits per heavy atom. The minimum Gasteiger partial charge on any atom is -0.370 e. The van der Waals surface area contributed by atoms with E-state index in [4.69, 9.17) is 4.74 Å². The third-order valence-electron chi connectivity index (χ3n) is 3.60. The summed E-state index contributed by atoms with van der Waals surface area (Å²) in [6.07, 6.45) is 4.09. The lowest BCUT2D eigenvalue weighted by Gasteiger charge is -2.20. The zero-order chi connectivity index (χ0) is 12.5. The van der Waals surface area contributed by atoms with Gasteiger partial charge in [0.1, 0.15) is 17.7 Å². The van der Waals surface area contributed by atoms with Gasteiger partial charge in [-0.25, -0.2) is 4.98 Å². The quantitative estimate of drug-likeness (QED) is 0.851. The first-order valence-corrected chi connectivity index (χ1v) is 6.78. The molecule has 0 amide bonds. The normalized spacial score (nSPS) is 20.1. The molecule has 98 valence electrons. The molecule has 0 aromatic carbocycles. The molecule has 1 aromatic rings. The van der Waals surface area contributed by atoms with E-state index in [1.165, 1.54) is 12.8 Å². The lowest BCUT2D eigenvalue weighted by molar-refractivity contribution is 0.0399. The van der Waals surface area contributed by atoms with E-state index >= 15 is 0 Å². The van der Waals surface area contributed by atoms with Crippen LogP contribution in [0.5, 0.6) is 0 Å². The zero-order valence-electron chi connectivity index (χ0n) is 10.7. The minimum absolute atomic E-state index is 0.00690. The third-order valence-corrected chi connectivity index (χ3v) is 3.60. The van der Waals surface area contributed by atoms with Crippen LogP contribution in [0.1, 0.15) is 43.7 Å². The molecule has 18 heavy (non-hydrogen) atoms. The van der Waals surface area contributed by atoms with Crippen molar-refractivity contribution in [3.63, 3.8) is 0 Å². The Morgan fingerprint density at radius 1 is 1.50 bits per heavy atom. The number of H-pyrrole nitrogens is 1. The molecule has 2 aliphatic rings. The van der Waals surface area contributed by atoms with E-state index in [1.807, 2.05) is 6.92 Å². The lowest BCUT2D eigenvalue weighted by atomic mass is 10.1. The first-order chi connectivity index (χ1) is 8.79. The Kier molecular flexibility index (Phi) is 3.07. The molecule has 1 saturated carbocycles. The first kappa shape index (κ1) is 11.7. The average molecular weight is 249 g/mol. The number of fused-ring (bicyclic) bond motifs is 1. The maximum atomic E-state index is 12.0. The monoisotopic (exact) mass is 249 g/mol. The molecule has 5 nitrogen and oxygen atoms in total. The number of hydrogen-bond acceptors (Lipinski definition) is 4.